The molecule has 0 spiro atoms. The second-order valence-corrected chi connectivity index (χ2v) is 6.86. The molecule has 3 unspecified atom stereocenters. The van der Waals surface area contributed by atoms with Gasteiger partial charge in [-0.2, -0.15) is 0 Å². The van der Waals surface area contributed by atoms with Gasteiger partial charge in [0.15, 0.2) is 0 Å². The van der Waals surface area contributed by atoms with Crippen molar-refractivity contribution in [1.82, 2.24) is 15.0 Å². The molecule has 0 radical (unpaired) electrons. The minimum Gasteiger partial charge on any atom is -0.255 e. The van der Waals surface area contributed by atoms with Crippen LogP contribution in [0, 0.1) is 17.8 Å². The Morgan fingerprint density at radius 3 is 2.82 bits per heavy atom. The van der Waals surface area contributed by atoms with Crippen LogP contribution in [0.2, 0.25) is 0 Å². The van der Waals surface area contributed by atoms with Crippen LogP contribution in [0.5, 0.6) is 0 Å². The lowest BCUT2D eigenvalue weighted by Gasteiger charge is -2.35. The van der Waals surface area contributed by atoms with E-state index in [0.29, 0.717) is 10.7 Å². The van der Waals surface area contributed by atoms with Gasteiger partial charge in [-0.3, -0.25) is 4.68 Å². The van der Waals surface area contributed by atoms with Crippen molar-refractivity contribution in [3.8, 4) is 0 Å². The van der Waals surface area contributed by atoms with Crippen LogP contribution < -0.4 is 0 Å². The SMILES string of the molecule is CC(C)C1CCC(Br)C(Cc2cn(C)nn2)C1. The summed E-state index contributed by atoms with van der Waals surface area (Å²) < 4.78 is 1.79. The van der Waals surface area contributed by atoms with Crippen LogP contribution in [0.1, 0.15) is 38.8 Å². The molecule has 0 amide bonds. The predicted octanol–water partition coefficient (Wildman–Crippen LogP) is 3.19. The van der Waals surface area contributed by atoms with Gasteiger partial charge >= 0.3 is 0 Å². The number of hydrogen-bond donors (Lipinski definition) is 0. The predicted molar refractivity (Wildman–Crippen MR) is 73.1 cm³/mol. The van der Waals surface area contributed by atoms with Crippen molar-refractivity contribution in [2.45, 2.75) is 44.4 Å². The molecule has 1 aromatic heterocycles. The molecule has 1 fully saturated rings. The number of rotatable bonds is 3. The topological polar surface area (TPSA) is 30.7 Å². The largest absolute Gasteiger partial charge is 0.255 e. The molecule has 0 bridgehead atoms. The first-order valence-electron chi connectivity index (χ1n) is 6.55. The summed E-state index contributed by atoms with van der Waals surface area (Å²) in [5, 5.41) is 8.22. The van der Waals surface area contributed by atoms with Crippen LogP contribution in [0.25, 0.3) is 0 Å². The van der Waals surface area contributed by atoms with Gasteiger partial charge in [0.05, 0.1) is 5.69 Å². The van der Waals surface area contributed by atoms with E-state index in [4.69, 9.17) is 0 Å². The molecule has 3 atom stereocenters. The lowest BCUT2D eigenvalue weighted by molar-refractivity contribution is 0.222. The highest BCUT2D eigenvalue weighted by molar-refractivity contribution is 9.09. The number of hydrogen-bond acceptors (Lipinski definition) is 2. The van der Waals surface area contributed by atoms with E-state index >= 15 is 0 Å². The molecule has 17 heavy (non-hydrogen) atoms. The third-order valence-corrected chi connectivity index (χ3v) is 5.20. The third-order valence-electron chi connectivity index (χ3n) is 3.99. The van der Waals surface area contributed by atoms with Crippen molar-refractivity contribution >= 4 is 15.9 Å². The van der Waals surface area contributed by atoms with Gasteiger partial charge < -0.3 is 0 Å². The lowest BCUT2D eigenvalue weighted by Crippen LogP contribution is -2.29. The van der Waals surface area contributed by atoms with E-state index in [1.165, 1.54) is 19.3 Å². The first-order valence-corrected chi connectivity index (χ1v) is 7.47. The molecule has 0 aromatic carbocycles. The van der Waals surface area contributed by atoms with Crippen molar-refractivity contribution in [1.29, 1.82) is 0 Å². The van der Waals surface area contributed by atoms with E-state index in [1.54, 1.807) is 4.68 Å². The summed E-state index contributed by atoms with van der Waals surface area (Å²) in [6.07, 6.45) is 7.09. The van der Waals surface area contributed by atoms with Crippen molar-refractivity contribution in [3.05, 3.63) is 11.9 Å². The first kappa shape index (κ1) is 13.1. The molecular formula is C13H22BrN3. The van der Waals surface area contributed by atoms with E-state index in [2.05, 4.69) is 40.1 Å². The Hall–Kier alpha value is -0.380. The van der Waals surface area contributed by atoms with Crippen LogP contribution >= 0.6 is 15.9 Å². The summed E-state index contributed by atoms with van der Waals surface area (Å²) in [5.74, 6) is 2.40. The Bertz CT molecular complexity index is 361. The van der Waals surface area contributed by atoms with Gasteiger partial charge in [-0.05, 0) is 43.4 Å². The fraction of sp³-hybridized carbons (Fsp3) is 0.846. The van der Waals surface area contributed by atoms with Crippen molar-refractivity contribution in [2.75, 3.05) is 0 Å². The van der Waals surface area contributed by atoms with Crippen LogP contribution in [-0.4, -0.2) is 19.8 Å². The van der Waals surface area contributed by atoms with Gasteiger partial charge in [0.25, 0.3) is 0 Å². The highest BCUT2D eigenvalue weighted by atomic mass is 79.9. The van der Waals surface area contributed by atoms with E-state index in [-0.39, 0.29) is 0 Å². The Morgan fingerprint density at radius 2 is 2.24 bits per heavy atom. The second kappa shape index (κ2) is 5.51. The zero-order valence-corrected chi connectivity index (χ0v) is 12.5. The third kappa shape index (κ3) is 3.30. The fourth-order valence-electron chi connectivity index (χ4n) is 2.84. The average Bonchev–Trinajstić information content (AvgIpc) is 2.67. The Morgan fingerprint density at radius 1 is 1.47 bits per heavy atom. The highest BCUT2D eigenvalue weighted by Gasteiger charge is 2.30. The van der Waals surface area contributed by atoms with Gasteiger partial charge in [-0.15, -0.1) is 5.10 Å². The standard InChI is InChI=1S/C13H22BrN3/c1-9(2)10-4-5-13(14)11(6-10)7-12-8-17(3)16-15-12/h8-11,13H,4-7H2,1-3H3. The Kier molecular flexibility index (Phi) is 4.23. The molecule has 3 nitrogen and oxygen atoms in total. The zero-order chi connectivity index (χ0) is 12.4. The maximum absolute atomic E-state index is 4.21. The number of aryl methyl sites for hydroxylation is 1. The zero-order valence-electron chi connectivity index (χ0n) is 10.9. The van der Waals surface area contributed by atoms with Crippen LogP contribution in [0.3, 0.4) is 0 Å². The number of halogens is 1. The molecule has 1 aliphatic rings. The fourth-order valence-corrected chi connectivity index (χ4v) is 3.50. The maximum Gasteiger partial charge on any atom is 0.0830 e. The van der Waals surface area contributed by atoms with Crippen molar-refractivity contribution in [2.24, 2.45) is 24.8 Å². The van der Waals surface area contributed by atoms with E-state index in [0.717, 1.165) is 24.0 Å². The van der Waals surface area contributed by atoms with Crippen molar-refractivity contribution in [3.63, 3.8) is 0 Å². The summed E-state index contributed by atoms with van der Waals surface area (Å²) in [5.41, 5.74) is 1.13. The normalized spacial score (nSPS) is 29.8. The maximum atomic E-state index is 4.21. The Labute approximate surface area is 112 Å². The smallest absolute Gasteiger partial charge is 0.0830 e. The molecule has 2 rings (SSSR count). The van der Waals surface area contributed by atoms with Crippen molar-refractivity contribution < 1.29 is 0 Å². The first-order chi connectivity index (χ1) is 8.06. The molecule has 0 N–H and O–H groups in total. The van der Waals surface area contributed by atoms with Gasteiger partial charge in [0, 0.05) is 18.1 Å². The highest BCUT2D eigenvalue weighted by Crippen LogP contribution is 2.38. The van der Waals surface area contributed by atoms with Crippen LogP contribution in [0.15, 0.2) is 6.20 Å². The quantitative estimate of drug-likeness (QED) is 0.803. The van der Waals surface area contributed by atoms with Crippen LogP contribution in [-0.2, 0) is 13.5 Å². The monoisotopic (exact) mass is 299 g/mol. The molecule has 1 aliphatic carbocycles. The van der Waals surface area contributed by atoms with Gasteiger partial charge in [-0.25, -0.2) is 0 Å². The summed E-state index contributed by atoms with van der Waals surface area (Å²) >= 11 is 3.84. The minimum atomic E-state index is 0.652. The summed E-state index contributed by atoms with van der Waals surface area (Å²) in [6, 6.07) is 0. The van der Waals surface area contributed by atoms with Crippen LogP contribution in [0.4, 0.5) is 0 Å². The molecule has 96 valence electrons. The molecular weight excluding hydrogens is 278 g/mol. The number of nitrogens with zero attached hydrogens (tertiary/aromatic N) is 3. The Balaban J connectivity index is 1.98. The molecule has 1 saturated carbocycles. The molecule has 1 heterocycles. The number of aromatic nitrogens is 3. The minimum absolute atomic E-state index is 0.652. The van der Waals surface area contributed by atoms with Gasteiger partial charge in [-0.1, -0.05) is 35.0 Å². The molecule has 0 aliphatic heterocycles. The van der Waals surface area contributed by atoms with Gasteiger partial charge in [0.1, 0.15) is 0 Å². The average molecular weight is 300 g/mol. The number of alkyl halides is 1. The molecule has 0 saturated heterocycles. The van der Waals surface area contributed by atoms with E-state index < -0.39 is 0 Å². The summed E-state index contributed by atoms with van der Waals surface area (Å²) in [4.78, 5) is 0.652. The summed E-state index contributed by atoms with van der Waals surface area (Å²) in [6.45, 7) is 4.69. The van der Waals surface area contributed by atoms with Gasteiger partial charge in [0.2, 0.25) is 0 Å². The van der Waals surface area contributed by atoms with E-state index in [1.807, 2.05) is 13.2 Å². The lowest BCUT2D eigenvalue weighted by atomic mass is 9.75. The summed E-state index contributed by atoms with van der Waals surface area (Å²) in [7, 11) is 1.93. The molecule has 4 heteroatoms. The van der Waals surface area contributed by atoms with E-state index in [9.17, 15) is 0 Å². The molecule has 1 aromatic rings. The second-order valence-electron chi connectivity index (χ2n) is 5.68.